The van der Waals surface area contributed by atoms with Gasteiger partial charge < -0.3 is 15.8 Å². The molecule has 2 aromatic carbocycles. The number of nitrogens with zero attached hydrogens (tertiary/aromatic N) is 4. The van der Waals surface area contributed by atoms with Crippen molar-refractivity contribution in [1.82, 2.24) is 14.8 Å². The van der Waals surface area contributed by atoms with Gasteiger partial charge in [-0.1, -0.05) is 12.1 Å². The number of fused-ring (bicyclic) bond motifs is 1. The highest BCUT2D eigenvalue weighted by molar-refractivity contribution is 5.95. The molecule has 0 radical (unpaired) electrons. The molecule has 0 aliphatic carbocycles. The minimum Gasteiger partial charge on any atom is -0.497 e. The van der Waals surface area contributed by atoms with Crippen molar-refractivity contribution in [3.05, 3.63) is 75.5 Å². The Morgan fingerprint density at radius 3 is 2.57 bits per heavy atom. The number of carbonyl (C=O) groups is 1. The number of nitrogens with one attached hydrogen (secondary N) is 1. The number of amides is 1. The largest absolute Gasteiger partial charge is 0.497 e. The van der Waals surface area contributed by atoms with E-state index in [9.17, 15) is 14.9 Å². The number of nitro benzene ring substituents is 1. The number of nitro groups is 1. The Bertz CT molecular complexity index is 1180. The molecule has 0 saturated carbocycles. The first-order valence-electron chi connectivity index (χ1n) is 9.02. The van der Waals surface area contributed by atoms with Gasteiger partial charge in [-0.05, 0) is 37.3 Å². The van der Waals surface area contributed by atoms with E-state index in [1.54, 1.807) is 56.5 Å². The third-order valence-corrected chi connectivity index (χ3v) is 4.89. The van der Waals surface area contributed by atoms with Gasteiger partial charge in [0.15, 0.2) is 5.82 Å². The maximum absolute atomic E-state index is 12.3. The fourth-order valence-corrected chi connectivity index (χ4v) is 3.51. The number of anilines is 1. The molecule has 0 fully saturated rings. The van der Waals surface area contributed by atoms with Gasteiger partial charge in [-0.2, -0.15) is 4.98 Å². The molecule has 30 heavy (non-hydrogen) atoms. The average Bonchev–Trinajstić information content (AvgIpc) is 3.16. The molecule has 3 N–H and O–H groups in total. The lowest BCUT2D eigenvalue weighted by molar-refractivity contribution is -0.385. The van der Waals surface area contributed by atoms with Crippen LogP contribution >= 0.6 is 0 Å². The zero-order chi connectivity index (χ0) is 21.4. The molecule has 2 heterocycles. The van der Waals surface area contributed by atoms with E-state index in [0.29, 0.717) is 28.8 Å². The Labute approximate surface area is 171 Å². The number of ether oxygens (including phenoxy) is 1. The Morgan fingerprint density at radius 2 is 1.93 bits per heavy atom. The van der Waals surface area contributed by atoms with Crippen LogP contribution in [0, 0.1) is 10.1 Å². The van der Waals surface area contributed by atoms with Crippen LogP contribution in [0.2, 0.25) is 0 Å². The Hall–Kier alpha value is -4.21. The molecule has 1 aliphatic heterocycles. The van der Waals surface area contributed by atoms with Crippen molar-refractivity contribution in [2.45, 2.75) is 13.0 Å². The molecule has 4 rings (SSSR count). The van der Waals surface area contributed by atoms with Gasteiger partial charge in [-0.25, -0.2) is 4.68 Å². The van der Waals surface area contributed by atoms with E-state index in [1.165, 1.54) is 10.7 Å². The van der Waals surface area contributed by atoms with Crippen LogP contribution in [0.1, 0.15) is 18.5 Å². The summed E-state index contributed by atoms with van der Waals surface area (Å²) < 4.78 is 6.62. The van der Waals surface area contributed by atoms with Crippen LogP contribution < -0.4 is 15.8 Å². The zero-order valence-electron chi connectivity index (χ0n) is 16.2. The standard InChI is InChI=1S/C20H18N6O4/c1-11-16(18(21)27)17(14-5-3-4-6-15(14)26(28)29)25-20(22-11)23-19(24-25)12-7-9-13(30-2)10-8-12/h3-10,17H,1-2H3,(H2,21,27)(H,22,23,24). The predicted molar refractivity (Wildman–Crippen MR) is 109 cm³/mol. The van der Waals surface area contributed by atoms with Gasteiger partial charge in [0.05, 0.1) is 23.2 Å². The zero-order valence-corrected chi connectivity index (χ0v) is 16.2. The molecule has 10 nitrogen and oxygen atoms in total. The molecule has 0 saturated heterocycles. The van der Waals surface area contributed by atoms with Crippen LogP contribution in [-0.2, 0) is 4.79 Å². The molecule has 1 atom stereocenters. The Balaban J connectivity index is 1.90. The fourth-order valence-electron chi connectivity index (χ4n) is 3.51. The second-order valence-corrected chi connectivity index (χ2v) is 6.68. The molecule has 152 valence electrons. The summed E-state index contributed by atoms with van der Waals surface area (Å²) in [5, 5.41) is 19.2. The quantitative estimate of drug-likeness (QED) is 0.490. The van der Waals surface area contributed by atoms with Crippen LogP contribution in [0.4, 0.5) is 11.6 Å². The summed E-state index contributed by atoms with van der Waals surface area (Å²) in [5.41, 5.74) is 7.17. The number of primary amides is 1. The molecule has 0 spiro atoms. The maximum atomic E-state index is 12.3. The van der Waals surface area contributed by atoms with Crippen molar-refractivity contribution in [2.24, 2.45) is 5.73 Å². The van der Waals surface area contributed by atoms with Crippen molar-refractivity contribution in [1.29, 1.82) is 0 Å². The van der Waals surface area contributed by atoms with E-state index in [-0.39, 0.29) is 11.3 Å². The van der Waals surface area contributed by atoms with Gasteiger partial charge >= 0.3 is 0 Å². The van der Waals surface area contributed by atoms with Gasteiger partial charge in [0.2, 0.25) is 11.9 Å². The highest BCUT2D eigenvalue weighted by Crippen LogP contribution is 2.39. The number of rotatable bonds is 5. The summed E-state index contributed by atoms with van der Waals surface area (Å²) in [4.78, 5) is 27.9. The minimum atomic E-state index is -0.889. The third-order valence-electron chi connectivity index (χ3n) is 4.89. The average molecular weight is 406 g/mol. The summed E-state index contributed by atoms with van der Waals surface area (Å²) in [6.45, 7) is 1.67. The third kappa shape index (κ3) is 3.13. The monoisotopic (exact) mass is 406 g/mol. The number of hydrogen-bond donors (Lipinski definition) is 2. The van der Waals surface area contributed by atoms with Crippen LogP contribution in [0.3, 0.4) is 0 Å². The first-order chi connectivity index (χ1) is 14.4. The summed E-state index contributed by atoms with van der Waals surface area (Å²) in [6, 6.07) is 12.5. The number of hydrogen-bond acceptors (Lipinski definition) is 7. The number of methoxy groups -OCH3 is 1. The minimum absolute atomic E-state index is 0.136. The van der Waals surface area contributed by atoms with Gasteiger partial charge in [-0.3, -0.25) is 14.9 Å². The van der Waals surface area contributed by atoms with E-state index in [4.69, 9.17) is 10.5 Å². The fraction of sp³-hybridized carbons (Fsp3) is 0.150. The van der Waals surface area contributed by atoms with Crippen LogP contribution in [-0.4, -0.2) is 32.7 Å². The maximum Gasteiger partial charge on any atom is 0.275 e. The molecule has 1 aliphatic rings. The topological polar surface area (TPSA) is 138 Å². The van der Waals surface area contributed by atoms with Crippen molar-refractivity contribution in [2.75, 3.05) is 12.4 Å². The van der Waals surface area contributed by atoms with Crippen molar-refractivity contribution in [3.8, 4) is 17.1 Å². The molecular formula is C20H18N6O4. The van der Waals surface area contributed by atoms with Gasteiger partial charge in [0.25, 0.3) is 5.69 Å². The molecule has 10 heteroatoms. The lowest BCUT2D eigenvalue weighted by Crippen LogP contribution is -2.32. The molecule has 1 unspecified atom stereocenters. The SMILES string of the molecule is COc1ccc(-c2nc3n(n2)C(c2ccccc2[N+](=O)[O-])C(C(N)=O)=C(C)N3)cc1. The van der Waals surface area contributed by atoms with E-state index in [2.05, 4.69) is 15.4 Å². The molecule has 1 aromatic heterocycles. The Kier molecular flexibility index (Phi) is 4.66. The van der Waals surface area contributed by atoms with Crippen molar-refractivity contribution in [3.63, 3.8) is 0 Å². The first kappa shape index (κ1) is 19.1. The van der Waals surface area contributed by atoms with E-state index in [1.807, 2.05) is 0 Å². The second kappa shape index (κ2) is 7.32. The van der Waals surface area contributed by atoms with Crippen LogP contribution in [0.25, 0.3) is 11.4 Å². The lowest BCUT2D eigenvalue weighted by Gasteiger charge is -2.27. The number of benzene rings is 2. The number of aromatic nitrogens is 3. The number of nitrogens with two attached hydrogens (primary N) is 1. The van der Waals surface area contributed by atoms with E-state index >= 15 is 0 Å². The van der Waals surface area contributed by atoms with Gasteiger partial charge in [0, 0.05) is 17.3 Å². The van der Waals surface area contributed by atoms with Crippen LogP contribution in [0.15, 0.2) is 59.8 Å². The summed E-state index contributed by atoms with van der Waals surface area (Å²) >= 11 is 0. The molecule has 1 amide bonds. The summed E-state index contributed by atoms with van der Waals surface area (Å²) in [6.07, 6.45) is 0. The number of para-hydroxylation sites is 1. The van der Waals surface area contributed by atoms with Crippen LogP contribution in [0.5, 0.6) is 5.75 Å². The highest BCUT2D eigenvalue weighted by atomic mass is 16.6. The van der Waals surface area contributed by atoms with Crippen molar-refractivity contribution < 1.29 is 14.5 Å². The number of allylic oxidation sites excluding steroid dienone is 1. The molecule has 0 bridgehead atoms. The van der Waals surface area contributed by atoms with Crippen molar-refractivity contribution >= 4 is 17.5 Å². The summed E-state index contributed by atoms with van der Waals surface area (Å²) in [7, 11) is 1.57. The highest BCUT2D eigenvalue weighted by Gasteiger charge is 2.36. The molecule has 3 aromatic rings. The summed E-state index contributed by atoms with van der Waals surface area (Å²) in [5.74, 6) is 0.733. The number of carbonyl (C=O) groups excluding carboxylic acids is 1. The predicted octanol–water partition coefficient (Wildman–Crippen LogP) is 2.64. The van der Waals surface area contributed by atoms with Gasteiger partial charge in [-0.15, -0.1) is 5.10 Å². The first-order valence-corrected chi connectivity index (χ1v) is 9.02. The lowest BCUT2D eigenvalue weighted by atomic mass is 9.94. The van der Waals surface area contributed by atoms with Gasteiger partial charge in [0.1, 0.15) is 11.8 Å². The Morgan fingerprint density at radius 1 is 1.23 bits per heavy atom. The molecular weight excluding hydrogens is 388 g/mol. The normalized spacial score (nSPS) is 15.3. The smallest absolute Gasteiger partial charge is 0.275 e. The second-order valence-electron chi connectivity index (χ2n) is 6.68. The van der Waals surface area contributed by atoms with E-state index < -0.39 is 16.9 Å². The van der Waals surface area contributed by atoms with E-state index in [0.717, 1.165) is 5.56 Å².